The molecule has 0 saturated heterocycles. The number of rotatable bonds is 3. The maximum Gasteiger partial charge on any atom is 0.273 e. The Bertz CT molecular complexity index is 1290. The molecule has 2 aromatic heterocycles. The van der Waals surface area contributed by atoms with E-state index in [2.05, 4.69) is 32.7 Å². The van der Waals surface area contributed by atoms with Crippen molar-refractivity contribution in [3.63, 3.8) is 0 Å². The predicted molar refractivity (Wildman–Crippen MR) is 112 cm³/mol. The summed E-state index contributed by atoms with van der Waals surface area (Å²) in [6.07, 6.45) is 3.86. The van der Waals surface area contributed by atoms with E-state index < -0.39 is 5.91 Å². The molecule has 0 atom stereocenters. The Balaban J connectivity index is 1.60. The lowest BCUT2D eigenvalue weighted by Gasteiger charge is -2.03. The molecule has 0 bridgehead atoms. The summed E-state index contributed by atoms with van der Waals surface area (Å²) in [5, 5.41) is 19.7. The number of fused-ring (bicyclic) bond motifs is 3. The van der Waals surface area contributed by atoms with Gasteiger partial charge in [0, 0.05) is 12.0 Å². The van der Waals surface area contributed by atoms with Gasteiger partial charge < -0.3 is 5.11 Å². The lowest BCUT2D eigenvalue weighted by atomic mass is 10.1. The van der Waals surface area contributed by atoms with Gasteiger partial charge in [0.2, 0.25) is 4.96 Å². The fourth-order valence-corrected chi connectivity index (χ4v) is 4.11. The van der Waals surface area contributed by atoms with Crippen LogP contribution in [0.2, 0.25) is 0 Å². The highest BCUT2D eigenvalue weighted by Crippen LogP contribution is 2.29. The monoisotopic (exact) mass is 401 g/mol. The number of benzene rings is 2. The summed E-state index contributed by atoms with van der Waals surface area (Å²) in [4.78, 5) is 17.9. The molecule has 1 aliphatic heterocycles. The summed E-state index contributed by atoms with van der Waals surface area (Å²) in [6.45, 7) is 0. The highest BCUT2D eigenvalue weighted by molar-refractivity contribution is 7.16. The average Bonchev–Trinajstić information content (AvgIpc) is 3.21. The zero-order valence-corrected chi connectivity index (χ0v) is 15.9. The molecule has 0 fully saturated rings. The van der Waals surface area contributed by atoms with Crippen molar-refractivity contribution >= 4 is 40.1 Å². The Morgan fingerprint density at radius 3 is 2.72 bits per heavy atom. The van der Waals surface area contributed by atoms with Gasteiger partial charge in [-0.05, 0) is 17.7 Å². The number of nitrogens with one attached hydrogen (secondary N) is 1. The molecule has 1 aliphatic rings. The first-order valence-electron chi connectivity index (χ1n) is 8.95. The van der Waals surface area contributed by atoms with Gasteiger partial charge in [-0.3, -0.25) is 4.79 Å². The summed E-state index contributed by atoms with van der Waals surface area (Å²) in [5.41, 5.74) is 5.60. The van der Waals surface area contributed by atoms with E-state index in [1.165, 1.54) is 16.9 Å². The lowest BCUT2D eigenvalue weighted by molar-refractivity contribution is -0.115. The van der Waals surface area contributed by atoms with Gasteiger partial charge in [-0.15, -0.1) is 0 Å². The maximum absolute atomic E-state index is 12.6. The van der Waals surface area contributed by atoms with Gasteiger partial charge >= 0.3 is 0 Å². The van der Waals surface area contributed by atoms with E-state index in [0.29, 0.717) is 33.9 Å². The number of phenols is 1. The number of nitrogens with zero attached hydrogens (tertiary/aromatic N) is 4. The maximum atomic E-state index is 12.6. The molecular weight excluding hydrogens is 386 g/mol. The van der Waals surface area contributed by atoms with E-state index in [4.69, 9.17) is 0 Å². The minimum absolute atomic E-state index is 0.0869. The van der Waals surface area contributed by atoms with E-state index in [-0.39, 0.29) is 5.75 Å². The second-order valence-electron chi connectivity index (χ2n) is 6.51. The van der Waals surface area contributed by atoms with Gasteiger partial charge in [0.15, 0.2) is 0 Å². The van der Waals surface area contributed by atoms with E-state index in [0.717, 1.165) is 5.01 Å². The molecule has 8 heteroatoms. The molecule has 2 N–H and O–H groups in total. The van der Waals surface area contributed by atoms with Crippen molar-refractivity contribution in [2.45, 2.75) is 6.42 Å². The van der Waals surface area contributed by atoms with Crippen LogP contribution < -0.4 is 5.43 Å². The third kappa shape index (κ3) is 3.19. The first-order chi connectivity index (χ1) is 14.2. The molecule has 0 radical (unpaired) electrons. The normalized spacial score (nSPS) is 14.8. The van der Waals surface area contributed by atoms with E-state index in [1.807, 2.05) is 18.2 Å². The van der Waals surface area contributed by atoms with Crippen molar-refractivity contribution in [1.29, 1.82) is 0 Å². The molecular formula is C21H15N5O2S. The van der Waals surface area contributed by atoms with Gasteiger partial charge in [-0.2, -0.15) is 10.2 Å². The van der Waals surface area contributed by atoms with E-state index >= 15 is 0 Å². The van der Waals surface area contributed by atoms with Crippen LogP contribution in [0.15, 0.2) is 59.7 Å². The summed E-state index contributed by atoms with van der Waals surface area (Å²) >= 11 is 1.48. The number of hydrogen-bond donors (Lipinski definition) is 2. The highest BCUT2D eigenvalue weighted by Gasteiger charge is 2.25. The number of aromatic nitrogens is 3. The van der Waals surface area contributed by atoms with Crippen LogP contribution in [-0.4, -0.2) is 31.8 Å². The van der Waals surface area contributed by atoms with Gasteiger partial charge in [-0.1, -0.05) is 59.9 Å². The Kier molecular flexibility index (Phi) is 4.18. The van der Waals surface area contributed by atoms with Crippen LogP contribution in [0.5, 0.6) is 5.75 Å². The second kappa shape index (κ2) is 6.99. The minimum Gasteiger partial charge on any atom is -0.507 e. The third-order valence-electron chi connectivity index (χ3n) is 4.57. The molecule has 142 valence electrons. The number of aromatic hydroxyl groups is 1. The molecule has 2 aromatic carbocycles. The number of carbonyl (C=O) groups is 1. The number of amides is 1. The molecule has 4 aromatic rings. The van der Waals surface area contributed by atoms with Crippen LogP contribution in [-0.2, 0) is 11.2 Å². The van der Waals surface area contributed by atoms with Crippen LogP contribution in [0.3, 0.4) is 0 Å². The molecule has 0 spiro atoms. The van der Waals surface area contributed by atoms with Gasteiger partial charge in [0.05, 0.1) is 11.8 Å². The lowest BCUT2D eigenvalue weighted by Crippen LogP contribution is -2.17. The number of phenolic OH excluding ortho intramolecular Hbond substituents is 1. The van der Waals surface area contributed by atoms with Crippen molar-refractivity contribution in [2.75, 3.05) is 0 Å². The van der Waals surface area contributed by atoms with Crippen LogP contribution in [0.1, 0.15) is 27.5 Å². The SMILES string of the molecule is O=C1NN=Cc2c(nc3sc(Cc4ccccc4)nn23)/C1=C/c1ccccc1O. The Labute approximate surface area is 169 Å². The van der Waals surface area contributed by atoms with E-state index in [9.17, 15) is 9.90 Å². The molecule has 1 amide bonds. The smallest absolute Gasteiger partial charge is 0.273 e. The number of carbonyl (C=O) groups excluding carboxylic acids is 1. The van der Waals surface area contributed by atoms with Gasteiger partial charge in [0.25, 0.3) is 5.91 Å². The number of hydrazone groups is 1. The fraction of sp³-hybridized carbons (Fsp3) is 0.0476. The predicted octanol–water partition coefficient (Wildman–Crippen LogP) is 3.09. The molecule has 0 unspecified atom stereocenters. The number of hydrogen-bond acceptors (Lipinski definition) is 6. The minimum atomic E-state index is -0.390. The molecule has 0 saturated carbocycles. The summed E-state index contributed by atoms with van der Waals surface area (Å²) in [5.74, 6) is -0.303. The van der Waals surface area contributed by atoms with Crippen molar-refractivity contribution in [3.05, 3.63) is 82.1 Å². The van der Waals surface area contributed by atoms with Crippen LogP contribution in [0.25, 0.3) is 16.6 Å². The molecule has 5 rings (SSSR count). The number of para-hydroxylation sites is 1. The Hall–Kier alpha value is -3.78. The highest BCUT2D eigenvalue weighted by atomic mass is 32.1. The van der Waals surface area contributed by atoms with Crippen molar-refractivity contribution in [1.82, 2.24) is 20.0 Å². The van der Waals surface area contributed by atoms with Crippen LogP contribution in [0, 0.1) is 0 Å². The second-order valence-corrected chi connectivity index (χ2v) is 7.55. The standard InChI is InChI=1S/C21H15N5O2S/c27-17-9-5-4-8-14(17)11-15-19-16(12-22-24-20(15)28)26-21(23-19)29-18(25-26)10-13-6-2-1-3-7-13/h1-9,11-12,27H,10H2,(H,24,28)/b15-11-. The Morgan fingerprint density at radius 2 is 1.90 bits per heavy atom. The molecule has 3 heterocycles. The van der Waals surface area contributed by atoms with Crippen molar-refractivity contribution < 1.29 is 9.90 Å². The zero-order chi connectivity index (χ0) is 19.8. The van der Waals surface area contributed by atoms with Crippen molar-refractivity contribution in [2.24, 2.45) is 5.10 Å². The molecule has 0 aliphatic carbocycles. The first-order valence-corrected chi connectivity index (χ1v) is 9.76. The fourth-order valence-electron chi connectivity index (χ4n) is 3.18. The van der Waals surface area contributed by atoms with Gasteiger partial charge in [-0.25, -0.2) is 14.9 Å². The van der Waals surface area contributed by atoms with Crippen LogP contribution >= 0.6 is 11.3 Å². The first kappa shape index (κ1) is 17.3. The quantitative estimate of drug-likeness (QED) is 0.516. The molecule has 7 nitrogen and oxygen atoms in total. The molecule has 29 heavy (non-hydrogen) atoms. The largest absolute Gasteiger partial charge is 0.507 e. The summed E-state index contributed by atoms with van der Waals surface area (Å²) in [6, 6.07) is 16.9. The van der Waals surface area contributed by atoms with Crippen LogP contribution in [0.4, 0.5) is 0 Å². The topological polar surface area (TPSA) is 91.9 Å². The third-order valence-corrected chi connectivity index (χ3v) is 5.48. The van der Waals surface area contributed by atoms with Gasteiger partial charge in [0.1, 0.15) is 22.1 Å². The summed E-state index contributed by atoms with van der Waals surface area (Å²) < 4.78 is 1.71. The van der Waals surface area contributed by atoms with Crippen molar-refractivity contribution in [3.8, 4) is 5.75 Å². The summed E-state index contributed by atoms with van der Waals surface area (Å²) in [7, 11) is 0. The number of imidazole rings is 1. The average molecular weight is 401 g/mol. The van der Waals surface area contributed by atoms with E-state index in [1.54, 1.807) is 41.1 Å². The zero-order valence-electron chi connectivity index (χ0n) is 15.1. The Morgan fingerprint density at radius 1 is 1.10 bits per heavy atom.